The summed E-state index contributed by atoms with van der Waals surface area (Å²) in [6.45, 7) is 0. The van der Waals surface area contributed by atoms with Crippen molar-refractivity contribution in [2.45, 2.75) is 44.1 Å². The summed E-state index contributed by atoms with van der Waals surface area (Å²) in [5.41, 5.74) is -2.62. The number of alkyl halides is 6. The average molecular weight is 444 g/mol. The second-order valence-electron chi connectivity index (χ2n) is 7.33. The maximum absolute atomic E-state index is 13.5. The second kappa shape index (κ2) is 8.68. The largest absolute Gasteiger partial charge is 0.418 e. The summed E-state index contributed by atoms with van der Waals surface area (Å²) in [6.07, 6.45) is -7.12. The van der Waals surface area contributed by atoms with Crippen molar-refractivity contribution in [3.05, 3.63) is 65.0 Å². The van der Waals surface area contributed by atoms with Crippen LogP contribution in [0.1, 0.15) is 54.1 Å². The molecule has 3 rings (SSSR count). The summed E-state index contributed by atoms with van der Waals surface area (Å²) in [6, 6.07) is 3.91. The molecule has 31 heavy (non-hydrogen) atoms. The van der Waals surface area contributed by atoms with E-state index in [9.17, 15) is 35.9 Å². The fourth-order valence-corrected chi connectivity index (χ4v) is 3.57. The molecule has 0 aliphatic heterocycles. The first-order valence-electron chi connectivity index (χ1n) is 9.48. The number of Topliss-reactive ketones (excluding diaryl/α,β-unsaturated/α-hetero) is 1. The predicted molar refractivity (Wildman–Crippen MR) is 97.6 cm³/mol. The van der Waals surface area contributed by atoms with Gasteiger partial charge in [-0.05, 0) is 42.7 Å². The molecule has 1 saturated carbocycles. The minimum atomic E-state index is -4.79. The lowest BCUT2D eigenvalue weighted by atomic mass is 9.87. The zero-order chi connectivity index (χ0) is 22.8. The molecule has 166 valence electrons. The number of rotatable bonds is 4. The van der Waals surface area contributed by atoms with E-state index in [-0.39, 0.29) is 17.8 Å². The summed E-state index contributed by atoms with van der Waals surface area (Å²) in [5.74, 6) is -1.47. The number of hydrogen-bond donors (Lipinski definition) is 1. The van der Waals surface area contributed by atoms with Crippen LogP contribution in [-0.4, -0.2) is 16.7 Å². The van der Waals surface area contributed by atoms with Gasteiger partial charge in [0.25, 0.3) is 0 Å². The fourth-order valence-electron chi connectivity index (χ4n) is 3.57. The van der Waals surface area contributed by atoms with Gasteiger partial charge in [-0.3, -0.25) is 14.6 Å². The van der Waals surface area contributed by atoms with Crippen LogP contribution in [0.3, 0.4) is 0 Å². The van der Waals surface area contributed by atoms with Gasteiger partial charge in [-0.25, -0.2) is 0 Å². The van der Waals surface area contributed by atoms with Gasteiger partial charge in [0, 0.05) is 25.0 Å². The summed E-state index contributed by atoms with van der Waals surface area (Å²) >= 11 is 0. The average Bonchev–Trinajstić information content (AvgIpc) is 2.71. The topological polar surface area (TPSA) is 59.1 Å². The predicted octanol–water partition coefficient (Wildman–Crippen LogP) is 5.08. The van der Waals surface area contributed by atoms with E-state index in [0.29, 0.717) is 19.3 Å². The van der Waals surface area contributed by atoms with Gasteiger partial charge in [-0.15, -0.1) is 0 Å². The zero-order valence-electron chi connectivity index (χ0n) is 16.1. The van der Waals surface area contributed by atoms with E-state index in [1.807, 2.05) is 0 Å². The van der Waals surface area contributed by atoms with E-state index in [0.717, 1.165) is 42.6 Å². The maximum atomic E-state index is 13.5. The van der Waals surface area contributed by atoms with Gasteiger partial charge in [0.05, 0.1) is 22.9 Å². The number of carbonyl (C=O) groups is 2. The van der Waals surface area contributed by atoms with Crippen molar-refractivity contribution < 1.29 is 35.9 Å². The summed E-state index contributed by atoms with van der Waals surface area (Å²) in [4.78, 5) is 28.2. The minimum absolute atomic E-state index is 0.00712. The van der Waals surface area contributed by atoms with Crippen LogP contribution in [0.2, 0.25) is 0 Å². The number of nitrogens with zero attached hydrogens (tertiary/aromatic N) is 1. The molecule has 1 fully saturated rings. The molecular formula is C21H18F6N2O2. The molecule has 2 unspecified atom stereocenters. The Kier molecular flexibility index (Phi) is 6.38. The molecule has 1 N–H and O–H groups in total. The molecule has 0 radical (unpaired) electrons. The van der Waals surface area contributed by atoms with Crippen LogP contribution in [0.5, 0.6) is 0 Å². The lowest BCUT2D eigenvalue weighted by molar-refractivity contribution is -0.139. The number of nitrogens with one attached hydrogen (secondary N) is 1. The molecule has 1 aromatic carbocycles. The SMILES string of the molecule is O=C1CCCC(C(=O)NC(c2ccc(C(F)(F)F)cc2)c2ncccc2C(F)(F)F)C1. The highest BCUT2D eigenvalue weighted by molar-refractivity contribution is 5.88. The number of ketones is 1. The Morgan fingerprint density at radius 3 is 2.29 bits per heavy atom. The van der Waals surface area contributed by atoms with E-state index in [2.05, 4.69) is 10.3 Å². The molecule has 0 saturated heterocycles. The molecule has 0 spiro atoms. The maximum Gasteiger partial charge on any atom is 0.418 e. The number of aromatic nitrogens is 1. The molecule has 0 bridgehead atoms. The van der Waals surface area contributed by atoms with Crippen molar-refractivity contribution in [2.75, 3.05) is 0 Å². The third-order valence-electron chi connectivity index (χ3n) is 5.13. The molecule has 2 aromatic rings. The fraction of sp³-hybridized carbons (Fsp3) is 0.381. The number of carbonyl (C=O) groups excluding carboxylic acids is 2. The first kappa shape index (κ1) is 22.8. The molecule has 1 heterocycles. The molecule has 10 heteroatoms. The number of halogens is 6. The van der Waals surface area contributed by atoms with Crippen LogP contribution in [0.25, 0.3) is 0 Å². The molecule has 4 nitrogen and oxygen atoms in total. The number of pyridine rings is 1. The number of amides is 1. The number of hydrogen-bond acceptors (Lipinski definition) is 3. The van der Waals surface area contributed by atoms with Crippen molar-refractivity contribution in [2.24, 2.45) is 5.92 Å². The van der Waals surface area contributed by atoms with E-state index >= 15 is 0 Å². The molecule has 1 aromatic heterocycles. The third kappa shape index (κ3) is 5.42. The lowest BCUT2D eigenvalue weighted by Gasteiger charge is -2.26. The van der Waals surface area contributed by atoms with Crippen LogP contribution < -0.4 is 5.32 Å². The highest BCUT2D eigenvalue weighted by atomic mass is 19.4. The quantitative estimate of drug-likeness (QED) is 0.669. The standard InChI is InChI=1S/C21H18F6N2O2/c22-20(23,24)14-8-6-12(7-9-14)17(18-16(21(25,26)27)5-2-10-28-18)29-19(31)13-3-1-4-15(30)11-13/h2,5-10,13,17H,1,3-4,11H2,(H,29,31). The van der Waals surface area contributed by atoms with E-state index in [4.69, 9.17) is 0 Å². The smallest absolute Gasteiger partial charge is 0.343 e. The summed E-state index contributed by atoms with van der Waals surface area (Å²) in [7, 11) is 0. The Morgan fingerprint density at radius 1 is 1.03 bits per heavy atom. The summed E-state index contributed by atoms with van der Waals surface area (Å²) < 4.78 is 79.3. The molecule has 2 atom stereocenters. The summed E-state index contributed by atoms with van der Waals surface area (Å²) in [5, 5.41) is 2.48. The van der Waals surface area contributed by atoms with Gasteiger partial charge in [0.15, 0.2) is 0 Å². The Morgan fingerprint density at radius 2 is 1.71 bits per heavy atom. The zero-order valence-corrected chi connectivity index (χ0v) is 16.1. The Hall–Kier alpha value is -2.91. The van der Waals surface area contributed by atoms with Crippen molar-refractivity contribution in [1.29, 1.82) is 0 Å². The van der Waals surface area contributed by atoms with Crippen LogP contribution in [0.15, 0.2) is 42.6 Å². The first-order chi connectivity index (χ1) is 14.5. The molecule has 1 aliphatic carbocycles. The van der Waals surface area contributed by atoms with Gasteiger partial charge in [0.2, 0.25) is 5.91 Å². The molecule has 1 amide bonds. The normalized spacial score (nSPS) is 18.5. The van der Waals surface area contributed by atoms with Crippen molar-refractivity contribution >= 4 is 11.7 Å². The van der Waals surface area contributed by atoms with E-state index < -0.39 is 47.0 Å². The van der Waals surface area contributed by atoms with Crippen LogP contribution in [0, 0.1) is 5.92 Å². The Labute approximate surface area is 173 Å². The number of benzene rings is 1. The van der Waals surface area contributed by atoms with Gasteiger partial charge in [-0.2, -0.15) is 26.3 Å². The van der Waals surface area contributed by atoms with Crippen molar-refractivity contribution in [3.8, 4) is 0 Å². The minimum Gasteiger partial charge on any atom is -0.343 e. The van der Waals surface area contributed by atoms with Gasteiger partial charge in [-0.1, -0.05) is 12.1 Å². The Bertz CT molecular complexity index is 954. The highest BCUT2D eigenvalue weighted by Crippen LogP contribution is 2.37. The van der Waals surface area contributed by atoms with Crippen LogP contribution in [-0.2, 0) is 21.9 Å². The molecular weight excluding hydrogens is 426 g/mol. The highest BCUT2D eigenvalue weighted by Gasteiger charge is 2.38. The molecule has 1 aliphatic rings. The second-order valence-corrected chi connectivity index (χ2v) is 7.33. The van der Waals surface area contributed by atoms with Crippen molar-refractivity contribution in [1.82, 2.24) is 10.3 Å². The van der Waals surface area contributed by atoms with Gasteiger partial charge < -0.3 is 5.32 Å². The van der Waals surface area contributed by atoms with Gasteiger partial charge >= 0.3 is 12.4 Å². The van der Waals surface area contributed by atoms with E-state index in [1.54, 1.807) is 0 Å². The third-order valence-corrected chi connectivity index (χ3v) is 5.13. The first-order valence-corrected chi connectivity index (χ1v) is 9.48. The monoisotopic (exact) mass is 444 g/mol. The lowest BCUT2D eigenvalue weighted by Crippen LogP contribution is -2.38. The van der Waals surface area contributed by atoms with Crippen LogP contribution in [0.4, 0.5) is 26.3 Å². The van der Waals surface area contributed by atoms with E-state index in [1.165, 1.54) is 0 Å². The van der Waals surface area contributed by atoms with Crippen LogP contribution >= 0.6 is 0 Å². The van der Waals surface area contributed by atoms with Crippen molar-refractivity contribution in [3.63, 3.8) is 0 Å². The Balaban J connectivity index is 2.01. The van der Waals surface area contributed by atoms with Gasteiger partial charge in [0.1, 0.15) is 5.78 Å².